The van der Waals surface area contributed by atoms with Gasteiger partial charge in [0.25, 0.3) is 5.91 Å². The number of amides is 1. The Balaban J connectivity index is 2.41. The number of nitrogens with one attached hydrogen (secondary N) is 1. The van der Waals surface area contributed by atoms with Crippen LogP contribution in [0.3, 0.4) is 0 Å². The fourth-order valence-electron chi connectivity index (χ4n) is 2.26. The lowest BCUT2D eigenvalue weighted by molar-refractivity contribution is 0.0709. The van der Waals surface area contributed by atoms with Crippen molar-refractivity contribution in [2.75, 3.05) is 25.9 Å². The van der Waals surface area contributed by atoms with Crippen LogP contribution in [0.4, 0.5) is 0 Å². The Kier molecular flexibility index (Phi) is 4.82. The molecule has 1 amide bonds. The van der Waals surface area contributed by atoms with E-state index in [9.17, 15) is 13.2 Å². The zero-order valence-electron chi connectivity index (χ0n) is 11.7. The number of rotatable bonds is 2. The van der Waals surface area contributed by atoms with Gasteiger partial charge in [0.15, 0.2) is 9.84 Å². The van der Waals surface area contributed by atoms with Gasteiger partial charge in [0.1, 0.15) is 0 Å². The number of benzene rings is 1. The summed E-state index contributed by atoms with van der Waals surface area (Å²) in [5, 5.41) is 3.41. The van der Waals surface area contributed by atoms with Gasteiger partial charge in [0, 0.05) is 31.9 Å². The van der Waals surface area contributed by atoms with E-state index in [-0.39, 0.29) is 32.5 Å². The minimum atomic E-state index is -3.52. The molecule has 21 heavy (non-hydrogen) atoms. The van der Waals surface area contributed by atoms with Crippen molar-refractivity contribution in [1.29, 1.82) is 0 Å². The Morgan fingerprint density at radius 1 is 1.33 bits per heavy atom. The van der Waals surface area contributed by atoms with Crippen molar-refractivity contribution in [3.63, 3.8) is 0 Å². The summed E-state index contributed by atoms with van der Waals surface area (Å²) >= 11 is 12.0. The molecule has 0 bridgehead atoms. The standard InChI is InChI=1S/C13H16Cl2N2O3S/c1-8-7-17(4-3-16-8)13(18)9-5-12(21(2,19)20)11(15)6-10(9)14/h5-6,8,16H,3-4,7H2,1-2H3. The second-order valence-electron chi connectivity index (χ2n) is 5.14. The number of hydrogen-bond donors (Lipinski definition) is 1. The summed E-state index contributed by atoms with van der Waals surface area (Å²) in [6, 6.07) is 2.75. The van der Waals surface area contributed by atoms with Crippen molar-refractivity contribution in [1.82, 2.24) is 10.2 Å². The van der Waals surface area contributed by atoms with Crippen LogP contribution >= 0.6 is 23.2 Å². The number of piperazine rings is 1. The highest BCUT2D eigenvalue weighted by Crippen LogP contribution is 2.29. The lowest BCUT2D eigenvalue weighted by Gasteiger charge is -2.32. The fraction of sp³-hybridized carbons (Fsp3) is 0.462. The molecule has 0 aromatic heterocycles. The van der Waals surface area contributed by atoms with Gasteiger partial charge < -0.3 is 10.2 Å². The van der Waals surface area contributed by atoms with Gasteiger partial charge in [0.05, 0.1) is 20.5 Å². The van der Waals surface area contributed by atoms with Crippen molar-refractivity contribution in [2.24, 2.45) is 0 Å². The summed E-state index contributed by atoms with van der Waals surface area (Å²) in [7, 11) is -3.52. The molecule has 1 heterocycles. The number of halogens is 2. The highest BCUT2D eigenvalue weighted by molar-refractivity contribution is 7.90. The van der Waals surface area contributed by atoms with Crippen LogP contribution in [-0.2, 0) is 9.84 Å². The maximum absolute atomic E-state index is 12.5. The molecule has 1 saturated heterocycles. The third-order valence-corrected chi connectivity index (χ3v) is 5.18. The second kappa shape index (κ2) is 6.12. The van der Waals surface area contributed by atoms with Gasteiger partial charge >= 0.3 is 0 Å². The molecule has 1 aliphatic rings. The van der Waals surface area contributed by atoms with Crippen LogP contribution in [0.1, 0.15) is 17.3 Å². The molecule has 1 N–H and O–H groups in total. The minimum absolute atomic E-state index is 0.0210. The first-order valence-corrected chi connectivity index (χ1v) is 9.06. The number of carbonyl (C=O) groups is 1. The SMILES string of the molecule is CC1CN(C(=O)c2cc(S(C)(=O)=O)c(Cl)cc2Cl)CCN1. The largest absolute Gasteiger partial charge is 0.336 e. The quantitative estimate of drug-likeness (QED) is 0.883. The van der Waals surface area contributed by atoms with Crippen molar-refractivity contribution >= 4 is 38.9 Å². The van der Waals surface area contributed by atoms with E-state index in [2.05, 4.69) is 5.32 Å². The average Bonchev–Trinajstić information content (AvgIpc) is 2.36. The van der Waals surface area contributed by atoms with Crippen LogP contribution < -0.4 is 5.32 Å². The summed E-state index contributed by atoms with van der Waals surface area (Å²) in [6.07, 6.45) is 1.04. The normalized spacial score (nSPS) is 19.6. The molecule has 1 aromatic rings. The first-order valence-electron chi connectivity index (χ1n) is 6.42. The van der Waals surface area contributed by atoms with Gasteiger partial charge in [-0.3, -0.25) is 4.79 Å². The van der Waals surface area contributed by atoms with Gasteiger partial charge in [-0.2, -0.15) is 0 Å². The van der Waals surface area contributed by atoms with Crippen LogP contribution in [0.15, 0.2) is 17.0 Å². The van der Waals surface area contributed by atoms with Crippen LogP contribution in [0.25, 0.3) is 0 Å². The monoisotopic (exact) mass is 350 g/mol. The molecule has 0 aliphatic carbocycles. The molecular formula is C13H16Cl2N2O3S. The van der Waals surface area contributed by atoms with E-state index < -0.39 is 9.84 Å². The Bertz CT molecular complexity index is 676. The Labute approximate surface area is 134 Å². The van der Waals surface area contributed by atoms with Crippen LogP contribution in [0.5, 0.6) is 0 Å². The summed E-state index contributed by atoms with van der Waals surface area (Å²) in [5.41, 5.74) is 0.163. The van der Waals surface area contributed by atoms with E-state index in [0.29, 0.717) is 19.6 Å². The molecule has 0 spiro atoms. The van der Waals surface area contributed by atoms with E-state index in [0.717, 1.165) is 6.26 Å². The topological polar surface area (TPSA) is 66.5 Å². The van der Waals surface area contributed by atoms with Crippen molar-refractivity contribution in [3.8, 4) is 0 Å². The summed E-state index contributed by atoms with van der Waals surface area (Å²) < 4.78 is 23.4. The smallest absolute Gasteiger partial charge is 0.255 e. The zero-order valence-corrected chi connectivity index (χ0v) is 14.0. The Morgan fingerprint density at radius 3 is 2.57 bits per heavy atom. The minimum Gasteiger partial charge on any atom is -0.336 e. The maximum Gasteiger partial charge on any atom is 0.255 e. The number of sulfone groups is 1. The molecule has 1 fully saturated rings. The molecular weight excluding hydrogens is 335 g/mol. The molecule has 116 valence electrons. The summed E-state index contributed by atoms with van der Waals surface area (Å²) in [6.45, 7) is 3.77. The van der Waals surface area contributed by atoms with E-state index >= 15 is 0 Å². The van der Waals surface area contributed by atoms with Gasteiger partial charge in [-0.05, 0) is 19.1 Å². The summed E-state index contributed by atoms with van der Waals surface area (Å²) in [5.74, 6) is -0.282. The Hall–Kier alpha value is -0.820. The van der Waals surface area contributed by atoms with Crippen LogP contribution in [0, 0.1) is 0 Å². The third-order valence-electron chi connectivity index (χ3n) is 3.31. The third kappa shape index (κ3) is 3.69. The predicted molar refractivity (Wildman–Crippen MR) is 82.9 cm³/mol. The lowest BCUT2D eigenvalue weighted by atomic mass is 10.1. The van der Waals surface area contributed by atoms with E-state index in [1.165, 1.54) is 12.1 Å². The zero-order chi connectivity index (χ0) is 15.8. The number of nitrogens with zero attached hydrogens (tertiary/aromatic N) is 1. The molecule has 0 radical (unpaired) electrons. The highest BCUT2D eigenvalue weighted by atomic mass is 35.5. The van der Waals surface area contributed by atoms with Crippen molar-refractivity contribution < 1.29 is 13.2 Å². The maximum atomic E-state index is 12.5. The predicted octanol–water partition coefficient (Wildman–Crippen LogP) is 1.83. The molecule has 1 aliphatic heterocycles. The number of carbonyl (C=O) groups excluding carboxylic acids is 1. The Morgan fingerprint density at radius 2 is 2.00 bits per heavy atom. The molecule has 2 rings (SSSR count). The van der Waals surface area contributed by atoms with Gasteiger partial charge in [-0.25, -0.2) is 8.42 Å². The summed E-state index contributed by atoms with van der Waals surface area (Å²) in [4.78, 5) is 14.1. The van der Waals surface area contributed by atoms with E-state index in [1.807, 2.05) is 6.92 Å². The van der Waals surface area contributed by atoms with Crippen LogP contribution in [-0.4, -0.2) is 51.2 Å². The molecule has 1 unspecified atom stereocenters. The highest BCUT2D eigenvalue weighted by Gasteiger charge is 2.25. The van der Waals surface area contributed by atoms with Crippen molar-refractivity contribution in [2.45, 2.75) is 17.9 Å². The van der Waals surface area contributed by atoms with Gasteiger partial charge in [-0.1, -0.05) is 23.2 Å². The lowest BCUT2D eigenvalue weighted by Crippen LogP contribution is -2.51. The van der Waals surface area contributed by atoms with E-state index in [4.69, 9.17) is 23.2 Å². The van der Waals surface area contributed by atoms with Gasteiger partial charge in [-0.15, -0.1) is 0 Å². The van der Waals surface area contributed by atoms with Crippen LogP contribution in [0.2, 0.25) is 10.0 Å². The average molecular weight is 351 g/mol. The van der Waals surface area contributed by atoms with E-state index in [1.54, 1.807) is 4.90 Å². The molecule has 1 atom stereocenters. The fourth-order valence-corrected chi connectivity index (χ4v) is 3.89. The number of hydrogen-bond acceptors (Lipinski definition) is 4. The van der Waals surface area contributed by atoms with Crippen molar-refractivity contribution in [3.05, 3.63) is 27.7 Å². The first kappa shape index (κ1) is 16.5. The molecule has 5 nitrogen and oxygen atoms in total. The molecule has 0 saturated carbocycles. The molecule has 1 aromatic carbocycles. The van der Waals surface area contributed by atoms with Gasteiger partial charge in [0.2, 0.25) is 0 Å². The second-order valence-corrected chi connectivity index (χ2v) is 7.94. The first-order chi connectivity index (χ1) is 9.70. The molecule has 8 heteroatoms.